The van der Waals surface area contributed by atoms with E-state index in [0.717, 1.165) is 15.6 Å². The summed E-state index contributed by atoms with van der Waals surface area (Å²) in [5.74, 6) is 0. The number of hydrogen-bond donors (Lipinski definition) is 0. The molecule has 1 aromatic heterocycles. The Balaban J connectivity index is 2.54. The SMILES string of the molecule is CON(C(C)c1ccccc1C)S(=O)(=O)c1c(C)nn(C)c1C. The monoisotopic (exact) mass is 337 g/mol. The second kappa shape index (κ2) is 6.43. The Morgan fingerprint density at radius 2 is 1.83 bits per heavy atom. The van der Waals surface area contributed by atoms with Gasteiger partial charge in [-0.25, -0.2) is 8.42 Å². The molecule has 23 heavy (non-hydrogen) atoms. The highest BCUT2D eigenvalue weighted by Gasteiger charge is 2.35. The second-order valence-electron chi connectivity index (χ2n) is 5.60. The van der Waals surface area contributed by atoms with Crippen LogP contribution in [0.5, 0.6) is 0 Å². The molecule has 1 aromatic carbocycles. The normalized spacial score (nSPS) is 13.5. The number of rotatable bonds is 5. The van der Waals surface area contributed by atoms with Crippen molar-refractivity contribution in [2.75, 3.05) is 7.11 Å². The van der Waals surface area contributed by atoms with E-state index in [0.29, 0.717) is 11.4 Å². The molecular weight excluding hydrogens is 314 g/mol. The van der Waals surface area contributed by atoms with E-state index in [9.17, 15) is 8.42 Å². The molecule has 1 heterocycles. The van der Waals surface area contributed by atoms with Gasteiger partial charge in [0.2, 0.25) is 0 Å². The highest BCUT2D eigenvalue weighted by Crippen LogP contribution is 2.31. The van der Waals surface area contributed by atoms with Gasteiger partial charge in [-0.05, 0) is 38.8 Å². The van der Waals surface area contributed by atoms with E-state index in [4.69, 9.17) is 4.84 Å². The zero-order chi connectivity index (χ0) is 17.4. The average molecular weight is 337 g/mol. The van der Waals surface area contributed by atoms with Crippen molar-refractivity contribution in [3.8, 4) is 0 Å². The summed E-state index contributed by atoms with van der Waals surface area (Å²) in [6.07, 6.45) is 0. The van der Waals surface area contributed by atoms with Gasteiger partial charge in [0.05, 0.1) is 24.5 Å². The first-order valence-electron chi connectivity index (χ1n) is 7.36. The molecule has 0 saturated carbocycles. The summed E-state index contributed by atoms with van der Waals surface area (Å²) in [6.45, 7) is 7.18. The predicted octanol–water partition coefficient (Wildman–Crippen LogP) is 2.66. The van der Waals surface area contributed by atoms with Gasteiger partial charge in [-0.2, -0.15) is 5.10 Å². The molecule has 0 N–H and O–H groups in total. The number of benzene rings is 1. The maximum atomic E-state index is 13.1. The van der Waals surface area contributed by atoms with Crippen LogP contribution in [0, 0.1) is 20.8 Å². The summed E-state index contributed by atoms with van der Waals surface area (Å²) in [4.78, 5) is 5.46. The van der Waals surface area contributed by atoms with Gasteiger partial charge in [-0.3, -0.25) is 9.52 Å². The summed E-state index contributed by atoms with van der Waals surface area (Å²) in [5.41, 5.74) is 2.96. The van der Waals surface area contributed by atoms with Crippen LogP contribution in [0.4, 0.5) is 0 Å². The Labute approximate surface area is 137 Å². The second-order valence-corrected chi connectivity index (χ2v) is 7.32. The van der Waals surface area contributed by atoms with Crippen molar-refractivity contribution in [3.05, 3.63) is 46.8 Å². The number of aryl methyl sites for hydroxylation is 3. The third-order valence-electron chi connectivity index (χ3n) is 4.07. The predicted molar refractivity (Wildman–Crippen MR) is 88.3 cm³/mol. The molecule has 6 nitrogen and oxygen atoms in total. The first-order valence-corrected chi connectivity index (χ1v) is 8.80. The van der Waals surface area contributed by atoms with Crippen LogP contribution < -0.4 is 0 Å². The van der Waals surface area contributed by atoms with Gasteiger partial charge in [0, 0.05) is 7.05 Å². The highest BCUT2D eigenvalue weighted by atomic mass is 32.2. The van der Waals surface area contributed by atoms with Crippen LogP contribution in [0.3, 0.4) is 0 Å². The van der Waals surface area contributed by atoms with E-state index < -0.39 is 16.1 Å². The molecule has 0 aliphatic heterocycles. The van der Waals surface area contributed by atoms with E-state index in [1.807, 2.05) is 38.1 Å². The number of hydroxylamine groups is 1. The van der Waals surface area contributed by atoms with Crippen molar-refractivity contribution < 1.29 is 13.3 Å². The van der Waals surface area contributed by atoms with Gasteiger partial charge in [0.25, 0.3) is 10.0 Å². The third-order valence-corrected chi connectivity index (χ3v) is 6.12. The van der Waals surface area contributed by atoms with E-state index >= 15 is 0 Å². The molecular formula is C16H23N3O3S. The lowest BCUT2D eigenvalue weighted by molar-refractivity contribution is -0.0774. The third kappa shape index (κ3) is 3.04. The van der Waals surface area contributed by atoms with Crippen LogP contribution in [-0.4, -0.2) is 29.8 Å². The summed E-state index contributed by atoms with van der Waals surface area (Å²) in [6, 6.07) is 7.22. The number of aromatic nitrogens is 2. The summed E-state index contributed by atoms with van der Waals surface area (Å²) >= 11 is 0. The van der Waals surface area contributed by atoms with E-state index in [-0.39, 0.29) is 4.90 Å². The maximum Gasteiger partial charge on any atom is 0.269 e. The molecule has 0 spiro atoms. The molecule has 7 heteroatoms. The topological polar surface area (TPSA) is 64.4 Å². The van der Waals surface area contributed by atoms with Crippen molar-refractivity contribution in [2.24, 2.45) is 7.05 Å². The van der Waals surface area contributed by atoms with Gasteiger partial charge in [-0.15, -0.1) is 0 Å². The van der Waals surface area contributed by atoms with Crippen LogP contribution in [0.15, 0.2) is 29.2 Å². The quantitative estimate of drug-likeness (QED) is 0.787. The fraction of sp³-hybridized carbons (Fsp3) is 0.438. The Hall–Kier alpha value is -1.70. The van der Waals surface area contributed by atoms with Gasteiger partial charge < -0.3 is 0 Å². The average Bonchev–Trinajstić information content (AvgIpc) is 2.73. The smallest absolute Gasteiger partial charge is 0.269 e. The van der Waals surface area contributed by atoms with Crippen LogP contribution >= 0.6 is 0 Å². The minimum atomic E-state index is -3.83. The van der Waals surface area contributed by atoms with Crippen LogP contribution in [0.25, 0.3) is 0 Å². The minimum absolute atomic E-state index is 0.197. The summed E-state index contributed by atoms with van der Waals surface area (Å²) in [5, 5.41) is 4.20. The first kappa shape index (κ1) is 17.7. The molecule has 2 aromatic rings. The van der Waals surface area contributed by atoms with Crippen LogP contribution in [0.2, 0.25) is 0 Å². The Morgan fingerprint density at radius 3 is 2.30 bits per heavy atom. The standard InChI is InChI=1S/C16H23N3O3S/c1-11-9-7-8-10-15(11)13(3)19(22-6)23(20,21)16-12(2)17-18(5)14(16)4/h7-10,13H,1-6H3. The van der Waals surface area contributed by atoms with Gasteiger partial charge >= 0.3 is 0 Å². The molecule has 2 rings (SSSR count). The maximum absolute atomic E-state index is 13.1. The Bertz CT molecular complexity index is 812. The summed E-state index contributed by atoms with van der Waals surface area (Å²) < 4.78 is 28.8. The van der Waals surface area contributed by atoms with Crippen molar-refractivity contribution in [3.63, 3.8) is 0 Å². The summed E-state index contributed by atoms with van der Waals surface area (Å²) in [7, 11) is -0.734. The fourth-order valence-electron chi connectivity index (χ4n) is 2.85. The highest BCUT2D eigenvalue weighted by molar-refractivity contribution is 7.89. The fourth-order valence-corrected chi connectivity index (χ4v) is 4.68. The lowest BCUT2D eigenvalue weighted by atomic mass is 10.0. The molecule has 126 valence electrons. The van der Waals surface area contributed by atoms with E-state index in [2.05, 4.69) is 5.10 Å². The van der Waals surface area contributed by atoms with E-state index in [1.54, 1.807) is 25.6 Å². The number of hydrogen-bond acceptors (Lipinski definition) is 4. The lowest BCUT2D eigenvalue weighted by Gasteiger charge is -2.27. The molecule has 0 fully saturated rings. The van der Waals surface area contributed by atoms with E-state index in [1.165, 1.54) is 7.11 Å². The molecule has 0 radical (unpaired) electrons. The van der Waals surface area contributed by atoms with Crippen molar-refractivity contribution in [1.29, 1.82) is 0 Å². The van der Waals surface area contributed by atoms with Crippen molar-refractivity contribution in [1.82, 2.24) is 14.2 Å². The Kier molecular flexibility index (Phi) is 4.93. The largest absolute Gasteiger partial charge is 0.287 e. The minimum Gasteiger partial charge on any atom is -0.287 e. The number of nitrogens with zero attached hydrogens (tertiary/aromatic N) is 3. The molecule has 1 unspecified atom stereocenters. The van der Waals surface area contributed by atoms with Crippen molar-refractivity contribution >= 4 is 10.0 Å². The van der Waals surface area contributed by atoms with Gasteiger partial charge in [-0.1, -0.05) is 28.7 Å². The van der Waals surface area contributed by atoms with Crippen LogP contribution in [0.1, 0.15) is 35.5 Å². The lowest BCUT2D eigenvalue weighted by Crippen LogP contribution is -2.33. The molecule has 0 bridgehead atoms. The molecule has 0 saturated heterocycles. The molecule has 0 aliphatic carbocycles. The molecule has 0 amide bonds. The zero-order valence-electron chi connectivity index (χ0n) is 14.4. The number of sulfonamides is 1. The molecule has 1 atom stereocenters. The van der Waals surface area contributed by atoms with Gasteiger partial charge in [0.1, 0.15) is 4.90 Å². The van der Waals surface area contributed by atoms with Crippen LogP contribution in [-0.2, 0) is 21.9 Å². The van der Waals surface area contributed by atoms with Crippen molar-refractivity contribution in [2.45, 2.75) is 38.6 Å². The van der Waals surface area contributed by atoms with Gasteiger partial charge in [0.15, 0.2) is 0 Å². The Morgan fingerprint density at radius 1 is 1.22 bits per heavy atom. The molecule has 0 aliphatic rings. The first-order chi connectivity index (χ1) is 10.7. The zero-order valence-corrected chi connectivity index (χ0v) is 15.2.